The molecule has 0 atom stereocenters. The Kier molecular flexibility index (Phi) is 18.8. The van der Waals surface area contributed by atoms with Crippen LogP contribution in [0.2, 0.25) is 19.6 Å². The second-order valence-corrected chi connectivity index (χ2v) is 45.5. The maximum Gasteiger partial charge on any atom is 0.0775 e. The topological polar surface area (TPSA) is 44.4 Å². The number of hydrogen-bond donors (Lipinski definition) is 0. The van der Waals surface area contributed by atoms with E-state index in [2.05, 4.69) is 561 Å². The Morgan fingerprint density at radius 3 is 0.643 bits per heavy atom. The Morgan fingerprint density at radius 2 is 0.336 bits per heavy atom. The molecule has 143 heavy (non-hydrogen) atoms. The lowest BCUT2D eigenvalue weighted by Gasteiger charge is -2.19. The van der Waals surface area contributed by atoms with Crippen LogP contribution < -0.4 is 5.19 Å². The fourth-order valence-electron chi connectivity index (χ4n) is 23.5. The van der Waals surface area contributed by atoms with Gasteiger partial charge in [-0.1, -0.05) is 355 Å². The van der Waals surface area contributed by atoms with E-state index >= 15 is 0 Å². The molecule has 0 amide bonds. The normalized spacial score (nSPS) is 12.3. The van der Waals surface area contributed by atoms with Gasteiger partial charge in [0.2, 0.25) is 0 Å². The van der Waals surface area contributed by atoms with Crippen molar-refractivity contribution >= 4 is 210 Å². The second-order valence-electron chi connectivity index (χ2n) is 40.4. The highest BCUT2D eigenvalue weighted by Crippen LogP contribution is 2.46. The molecule has 0 N–H and O–H groups in total. The van der Waals surface area contributed by atoms with E-state index in [9.17, 15) is 0 Å². The number of nitrogens with zero attached hydrogens (tertiary/aromatic N) is 9. The highest BCUT2D eigenvalue weighted by atomic mass is 28.3. The van der Waals surface area contributed by atoms with Crippen molar-refractivity contribution in [3.8, 4) is 50.4 Å². The highest BCUT2D eigenvalue weighted by molar-refractivity contribution is 6.88. The zero-order valence-corrected chi connectivity index (χ0v) is 81.1. The zero-order chi connectivity index (χ0) is 95.2. The van der Waals surface area contributed by atoms with Crippen LogP contribution in [0.25, 0.3) is 247 Å². The number of para-hydroxylation sites is 13. The van der Waals surface area contributed by atoms with Gasteiger partial charge in [-0.05, 0) is 214 Å². The third-order valence-corrected chi connectivity index (χ3v) is 32.3. The van der Waals surface area contributed by atoms with Crippen LogP contribution in [-0.2, 0) is 5.41 Å². The Morgan fingerprint density at radius 1 is 0.147 bits per heavy atom. The third kappa shape index (κ3) is 13.1. The summed E-state index contributed by atoms with van der Waals surface area (Å²) in [6, 6.07) is 176. The first-order valence-electron chi connectivity index (χ1n) is 49.7. The second kappa shape index (κ2) is 32.3. The molecule has 30 rings (SSSR count). The summed E-state index contributed by atoms with van der Waals surface area (Å²) in [5, 5.41) is 24.2. The average molecular weight is 1850 g/mol. The Labute approximate surface area is 826 Å². The summed E-state index contributed by atoms with van der Waals surface area (Å²) in [6.07, 6.45) is 0. The summed E-state index contributed by atoms with van der Waals surface area (Å²) in [6.45, 7) is 14.0. The van der Waals surface area contributed by atoms with Crippen molar-refractivity contribution in [2.24, 2.45) is 0 Å². The van der Waals surface area contributed by atoms with E-state index in [1.807, 2.05) is 0 Å². The molecule has 0 saturated carbocycles. The minimum atomic E-state index is -1.38. The highest BCUT2D eigenvalue weighted by Gasteiger charge is 2.27. The van der Waals surface area contributed by atoms with Crippen LogP contribution in [0.15, 0.2) is 479 Å². The van der Waals surface area contributed by atoms with E-state index in [0.717, 1.165) is 0 Å². The van der Waals surface area contributed by atoms with Crippen LogP contribution in [0, 0.1) is 0 Å². The molecule has 0 bridgehead atoms. The van der Waals surface area contributed by atoms with Gasteiger partial charge >= 0.3 is 0 Å². The van der Waals surface area contributed by atoms with Crippen LogP contribution in [-0.4, -0.2) is 49.8 Å². The maximum absolute atomic E-state index is 2.42. The van der Waals surface area contributed by atoms with E-state index in [1.165, 1.54) is 257 Å². The summed E-state index contributed by atoms with van der Waals surface area (Å²) < 4.78 is 21.6. The van der Waals surface area contributed by atoms with Gasteiger partial charge in [0.05, 0.1) is 107 Å². The van der Waals surface area contributed by atoms with Crippen molar-refractivity contribution in [3.63, 3.8) is 0 Å². The summed E-state index contributed by atoms with van der Waals surface area (Å²) in [5.74, 6) is 0. The maximum atomic E-state index is 2.42. The monoisotopic (exact) mass is 1850 g/mol. The van der Waals surface area contributed by atoms with Crippen molar-refractivity contribution in [1.82, 2.24) is 41.8 Å². The molecule has 21 aromatic carbocycles. The SMILES string of the molecule is CC(C)(C)c1ccc(-n2c3ccccc3c3cc(-c4ccc5c(c4)c4ccccc4n5-n4c5ccccc5c5ccccc54)ccc32)cc1.C[Si](C)(C)c1ccc(-n2c3ccccc3c3cc(-c4ccc5c(c4)c4ccccc4n5-n4c5ccccc5c5ccccc54)ccc32)cc1.c1ccc(-n2c3ccccc3c3ccc(-c4ccc5c6ccccc6n(-n6c7ccccc7c7ccccc76)c5c4)cc32)cc1. The molecule has 9 heterocycles. The molecule has 678 valence electrons. The Bertz CT molecular complexity index is 9900. The lowest BCUT2D eigenvalue weighted by Crippen LogP contribution is -2.37. The minimum Gasteiger partial charge on any atom is -0.309 e. The van der Waals surface area contributed by atoms with Gasteiger partial charge in [-0.25, -0.2) is 28.1 Å². The molecule has 30 aromatic rings. The van der Waals surface area contributed by atoms with Crippen LogP contribution in [0.4, 0.5) is 0 Å². The van der Waals surface area contributed by atoms with Crippen LogP contribution >= 0.6 is 0 Å². The molecule has 0 spiro atoms. The first-order valence-corrected chi connectivity index (χ1v) is 53.2. The minimum absolute atomic E-state index is 0.116. The van der Waals surface area contributed by atoms with Gasteiger partial charge in [-0.15, -0.1) is 0 Å². The van der Waals surface area contributed by atoms with Crippen molar-refractivity contribution in [2.75, 3.05) is 0 Å². The van der Waals surface area contributed by atoms with Gasteiger partial charge in [-0.2, -0.15) is 0 Å². The fourth-order valence-corrected chi connectivity index (χ4v) is 24.6. The van der Waals surface area contributed by atoms with E-state index in [4.69, 9.17) is 0 Å². The fraction of sp³-hybridized carbons (Fsp3) is 0.0526. The molecule has 9 aromatic heterocycles. The van der Waals surface area contributed by atoms with E-state index in [-0.39, 0.29) is 5.41 Å². The molecule has 0 aliphatic heterocycles. The summed E-state index contributed by atoms with van der Waals surface area (Å²) in [5.41, 5.74) is 34.0. The van der Waals surface area contributed by atoms with Crippen LogP contribution in [0.5, 0.6) is 0 Å². The standard InChI is InChI=1S/C46H35N3.C45H35N3Si.C42H27N3/c1-46(2,3)32-22-24-33(25-23-32)47-40-16-8-4-14-36(40)38-28-30(20-26-41(38)47)31-21-27-45-39(29-31)37-15-7-11-19-44(37)49(45)48-42-17-9-5-12-34(42)35-13-6-10-18-43(35)48;1-49(2,3)33-24-22-32(23-25-33)46-40-16-8-4-14-36(40)38-28-30(20-26-41(38)46)31-21-27-45-39(29-31)37-15-7-11-19-44(37)48(45)47-42-17-9-5-12-34(42)35-13-6-10-18-43(35)47;1-2-12-30(13-3-1)43-37-18-8-4-14-31(37)35-24-22-28(26-41(35)43)29-23-25-36-34-17-7-11-21-40(34)45(42(36)27-29)44-38-19-9-5-15-32(38)33-16-6-10-20-39(33)44/h2*4-29H,1-3H3;1-27H. The van der Waals surface area contributed by atoms with Gasteiger partial charge in [0.15, 0.2) is 0 Å². The molecule has 0 saturated heterocycles. The first kappa shape index (κ1) is 83.2. The quantitative estimate of drug-likeness (QED) is 0.123. The molecule has 0 unspecified atom stereocenters. The molecule has 0 radical (unpaired) electrons. The Balaban J connectivity index is 0.000000105. The Hall–Kier alpha value is -18.0. The van der Waals surface area contributed by atoms with E-state index < -0.39 is 8.07 Å². The molecule has 0 aliphatic carbocycles. The molecule has 10 heteroatoms. The zero-order valence-electron chi connectivity index (χ0n) is 80.1. The summed E-state index contributed by atoms with van der Waals surface area (Å²) in [7, 11) is -1.38. The van der Waals surface area contributed by atoms with Crippen LogP contribution in [0.1, 0.15) is 26.3 Å². The number of rotatable bonds is 10. The van der Waals surface area contributed by atoms with Gasteiger partial charge in [0.25, 0.3) is 0 Å². The number of fused-ring (bicyclic) bond motifs is 27. The number of benzene rings is 21. The number of hydrogen-bond acceptors (Lipinski definition) is 0. The first-order chi connectivity index (χ1) is 70.3. The van der Waals surface area contributed by atoms with E-state index in [0.29, 0.717) is 0 Å². The summed E-state index contributed by atoms with van der Waals surface area (Å²) in [4.78, 5) is 0. The molecular formula is C133H97N9Si. The lowest BCUT2D eigenvalue weighted by molar-refractivity contribution is 0.590. The van der Waals surface area contributed by atoms with Crippen molar-refractivity contribution < 1.29 is 0 Å². The average Bonchev–Trinajstić information content (AvgIpc) is 1.56. The van der Waals surface area contributed by atoms with Crippen molar-refractivity contribution in [1.29, 1.82) is 0 Å². The van der Waals surface area contributed by atoms with Crippen molar-refractivity contribution in [2.45, 2.75) is 45.8 Å². The smallest absolute Gasteiger partial charge is 0.0775 e. The molecule has 0 fully saturated rings. The predicted octanol–water partition coefficient (Wildman–Crippen LogP) is 34.8. The predicted molar refractivity (Wildman–Crippen MR) is 610 cm³/mol. The molecule has 0 aliphatic rings. The van der Waals surface area contributed by atoms with Crippen LogP contribution in [0.3, 0.4) is 0 Å². The van der Waals surface area contributed by atoms with Gasteiger partial charge in [-0.3, -0.25) is 0 Å². The molecular weight excluding hydrogens is 1750 g/mol. The lowest BCUT2D eigenvalue weighted by atomic mass is 9.87. The van der Waals surface area contributed by atoms with Gasteiger partial charge in [0.1, 0.15) is 0 Å². The van der Waals surface area contributed by atoms with Gasteiger partial charge in [0, 0.05) is 114 Å². The third-order valence-electron chi connectivity index (χ3n) is 30.2. The van der Waals surface area contributed by atoms with Gasteiger partial charge < -0.3 is 13.7 Å². The molecule has 9 nitrogen and oxygen atoms in total. The summed E-state index contributed by atoms with van der Waals surface area (Å²) >= 11 is 0. The number of aromatic nitrogens is 9. The largest absolute Gasteiger partial charge is 0.309 e. The van der Waals surface area contributed by atoms with Crippen molar-refractivity contribution in [3.05, 3.63) is 485 Å². The van der Waals surface area contributed by atoms with E-state index in [1.54, 1.807) is 0 Å².